The molecule has 1 fully saturated rings. The summed E-state index contributed by atoms with van der Waals surface area (Å²) in [4.78, 5) is 0. The maximum absolute atomic E-state index is 6.09. The number of benzene rings is 1. The highest BCUT2D eigenvalue weighted by Crippen LogP contribution is 2.36. The molecule has 1 heterocycles. The average molecular weight is 292 g/mol. The number of ether oxygens (including phenoxy) is 2. The Hall–Kier alpha value is -1.04. The lowest BCUT2D eigenvalue weighted by atomic mass is 9.76. The molecule has 21 heavy (non-hydrogen) atoms. The fourth-order valence-electron chi connectivity index (χ4n) is 2.22. The van der Waals surface area contributed by atoms with Crippen LogP contribution in [-0.4, -0.2) is 38.6 Å². The topological polar surface area (TPSA) is 36.9 Å². The summed E-state index contributed by atoms with van der Waals surface area (Å²) in [5, 5.41) is 0. The summed E-state index contributed by atoms with van der Waals surface area (Å²) >= 11 is 0. The maximum Gasteiger partial charge on any atom is 0.495 e. The van der Waals surface area contributed by atoms with Gasteiger partial charge in [0.15, 0.2) is 0 Å². The van der Waals surface area contributed by atoms with Crippen LogP contribution in [-0.2, 0) is 14.0 Å². The number of rotatable bonds is 5. The second kappa shape index (κ2) is 5.99. The van der Waals surface area contributed by atoms with Gasteiger partial charge < -0.3 is 18.8 Å². The van der Waals surface area contributed by atoms with E-state index in [4.69, 9.17) is 18.8 Å². The largest absolute Gasteiger partial charge is 0.495 e. The minimum atomic E-state index is -0.331. The minimum absolute atomic E-state index is 0.322. The van der Waals surface area contributed by atoms with Crippen LogP contribution in [0.5, 0.6) is 5.75 Å². The SMILES string of the molecule is COCCOc1ccc(B2OC(C)(C)C(C)(C)O2)c(C)c1. The van der Waals surface area contributed by atoms with Gasteiger partial charge in [-0.05, 0) is 57.8 Å². The van der Waals surface area contributed by atoms with Gasteiger partial charge in [-0.3, -0.25) is 0 Å². The fourth-order valence-corrected chi connectivity index (χ4v) is 2.22. The predicted octanol–water partition coefficient (Wildman–Crippen LogP) is 2.32. The Kier molecular flexibility index (Phi) is 4.66. The first kappa shape index (κ1) is 16.3. The van der Waals surface area contributed by atoms with Crippen LogP contribution in [0.25, 0.3) is 0 Å². The first-order valence-electron chi connectivity index (χ1n) is 7.35. The zero-order valence-electron chi connectivity index (χ0n) is 13.9. The molecule has 0 aromatic heterocycles. The van der Waals surface area contributed by atoms with Crippen molar-refractivity contribution in [2.24, 2.45) is 0 Å². The van der Waals surface area contributed by atoms with Crippen LogP contribution < -0.4 is 10.2 Å². The van der Waals surface area contributed by atoms with Crippen molar-refractivity contribution in [1.82, 2.24) is 0 Å². The number of hydrogen-bond donors (Lipinski definition) is 0. The molecule has 0 spiro atoms. The van der Waals surface area contributed by atoms with E-state index in [1.807, 2.05) is 25.1 Å². The van der Waals surface area contributed by atoms with Crippen LogP contribution in [0.4, 0.5) is 0 Å². The number of methoxy groups -OCH3 is 1. The van der Waals surface area contributed by atoms with E-state index in [9.17, 15) is 0 Å². The number of hydrogen-bond acceptors (Lipinski definition) is 4. The van der Waals surface area contributed by atoms with Crippen LogP contribution in [0.3, 0.4) is 0 Å². The van der Waals surface area contributed by atoms with Gasteiger partial charge in [-0.2, -0.15) is 0 Å². The van der Waals surface area contributed by atoms with E-state index in [-0.39, 0.29) is 18.3 Å². The lowest BCUT2D eigenvalue weighted by Gasteiger charge is -2.32. The number of aryl methyl sites for hydroxylation is 1. The molecule has 0 bridgehead atoms. The zero-order chi connectivity index (χ0) is 15.7. The standard InChI is InChI=1S/C16H25BO4/c1-12-11-13(19-10-9-18-6)7-8-14(12)17-20-15(2,3)16(4,5)21-17/h7-8,11H,9-10H2,1-6H3. The molecular formula is C16H25BO4. The van der Waals surface area contributed by atoms with Gasteiger partial charge in [-0.1, -0.05) is 6.07 Å². The van der Waals surface area contributed by atoms with E-state index >= 15 is 0 Å². The van der Waals surface area contributed by atoms with Gasteiger partial charge in [0.2, 0.25) is 0 Å². The lowest BCUT2D eigenvalue weighted by Crippen LogP contribution is -2.41. The predicted molar refractivity (Wildman–Crippen MR) is 84.3 cm³/mol. The van der Waals surface area contributed by atoms with Crippen molar-refractivity contribution in [3.8, 4) is 5.75 Å². The summed E-state index contributed by atoms with van der Waals surface area (Å²) in [6, 6.07) is 5.97. The second-order valence-corrected chi connectivity index (χ2v) is 6.45. The van der Waals surface area contributed by atoms with Gasteiger partial charge >= 0.3 is 7.12 Å². The maximum atomic E-state index is 6.09. The molecule has 1 saturated heterocycles. The molecule has 0 atom stereocenters. The van der Waals surface area contributed by atoms with Crippen LogP contribution in [0, 0.1) is 6.92 Å². The summed E-state index contributed by atoms with van der Waals surface area (Å²) in [5.41, 5.74) is 1.51. The van der Waals surface area contributed by atoms with Crippen LogP contribution in [0.2, 0.25) is 0 Å². The molecule has 116 valence electrons. The molecule has 0 aliphatic carbocycles. The first-order valence-corrected chi connectivity index (χ1v) is 7.35. The van der Waals surface area contributed by atoms with Crippen LogP contribution >= 0.6 is 0 Å². The third-order valence-corrected chi connectivity index (χ3v) is 4.30. The Morgan fingerprint density at radius 3 is 2.19 bits per heavy atom. The van der Waals surface area contributed by atoms with E-state index in [1.54, 1.807) is 7.11 Å². The molecule has 2 rings (SSSR count). The van der Waals surface area contributed by atoms with Crippen molar-refractivity contribution in [3.05, 3.63) is 23.8 Å². The summed E-state index contributed by atoms with van der Waals surface area (Å²) in [6.45, 7) is 11.4. The third-order valence-electron chi connectivity index (χ3n) is 4.30. The van der Waals surface area contributed by atoms with Crippen LogP contribution in [0.1, 0.15) is 33.3 Å². The van der Waals surface area contributed by atoms with E-state index in [0.717, 1.165) is 16.8 Å². The molecule has 1 aliphatic rings. The molecular weight excluding hydrogens is 267 g/mol. The Labute approximate surface area is 127 Å². The molecule has 0 amide bonds. The van der Waals surface area contributed by atoms with Crippen LogP contribution in [0.15, 0.2) is 18.2 Å². The quantitative estimate of drug-likeness (QED) is 0.616. The molecule has 0 saturated carbocycles. The Morgan fingerprint density at radius 2 is 1.67 bits per heavy atom. The molecule has 4 nitrogen and oxygen atoms in total. The molecule has 0 unspecified atom stereocenters. The van der Waals surface area contributed by atoms with Gasteiger partial charge in [0.05, 0.1) is 17.8 Å². The van der Waals surface area contributed by atoms with Gasteiger partial charge in [0.25, 0.3) is 0 Å². The van der Waals surface area contributed by atoms with Gasteiger partial charge in [0, 0.05) is 7.11 Å². The van der Waals surface area contributed by atoms with E-state index in [1.165, 1.54) is 0 Å². The average Bonchev–Trinajstić information content (AvgIpc) is 2.58. The van der Waals surface area contributed by atoms with E-state index in [2.05, 4.69) is 27.7 Å². The van der Waals surface area contributed by atoms with E-state index in [0.29, 0.717) is 13.2 Å². The summed E-state index contributed by atoms with van der Waals surface area (Å²) in [6.07, 6.45) is 0. The smallest absolute Gasteiger partial charge is 0.491 e. The molecule has 5 heteroatoms. The van der Waals surface area contributed by atoms with Crippen molar-refractivity contribution < 1.29 is 18.8 Å². The van der Waals surface area contributed by atoms with Gasteiger partial charge in [-0.25, -0.2) is 0 Å². The highest BCUT2D eigenvalue weighted by atomic mass is 16.7. The van der Waals surface area contributed by atoms with Gasteiger partial charge in [-0.15, -0.1) is 0 Å². The van der Waals surface area contributed by atoms with Gasteiger partial charge in [0.1, 0.15) is 12.4 Å². The Balaban J connectivity index is 2.12. The second-order valence-electron chi connectivity index (χ2n) is 6.45. The molecule has 1 aromatic carbocycles. The molecule has 1 aromatic rings. The monoisotopic (exact) mass is 292 g/mol. The highest BCUT2D eigenvalue weighted by molar-refractivity contribution is 6.62. The van der Waals surface area contributed by atoms with Crippen molar-refractivity contribution in [2.75, 3.05) is 20.3 Å². The molecule has 0 N–H and O–H groups in total. The minimum Gasteiger partial charge on any atom is -0.491 e. The fraction of sp³-hybridized carbons (Fsp3) is 0.625. The normalized spacial score (nSPS) is 19.8. The Morgan fingerprint density at radius 1 is 1.05 bits per heavy atom. The molecule has 0 radical (unpaired) electrons. The summed E-state index contributed by atoms with van der Waals surface area (Å²) in [7, 11) is 1.33. The van der Waals surface area contributed by atoms with E-state index < -0.39 is 0 Å². The first-order chi connectivity index (χ1) is 9.77. The van der Waals surface area contributed by atoms with Crippen molar-refractivity contribution in [3.63, 3.8) is 0 Å². The Bertz CT molecular complexity index is 483. The zero-order valence-corrected chi connectivity index (χ0v) is 13.9. The van der Waals surface area contributed by atoms with Crippen molar-refractivity contribution >= 4 is 12.6 Å². The highest BCUT2D eigenvalue weighted by Gasteiger charge is 2.52. The molecule has 1 aliphatic heterocycles. The summed E-state index contributed by atoms with van der Waals surface area (Å²) < 4.78 is 22.8. The lowest BCUT2D eigenvalue weighted by molar-refractivity contribution is 0.00578. The third kappa shape index (κ3) is 3.42. The van der Waals surface area contributed by atoms with Crippen molar-refractivity contribution in [1.29, 1.82) is 0 Å². The van der Waals surface area contributed by atoms with Crippen molar-refractivity contribution in [2.45, 2.75) is 45.8 Å². The summed E-state index contributed by atoms with van der Waals surface area (Å²) in [5.74, 6) is 0.838.